The zero-order valence-electron chi connectivity index (χ0n) is 12.8. The molecular weight excluding hydrogens is 350 g/mol. The van der Waals surface area contributed by atoms with Crippen molar-refractivity contribution in [3.63, 3.8) is 0 Å². The maximum Gasteiger partial charge on any atom is 0.243 e. The summed E-state index contributed by atoms with van der Waals surface area (Å²) in [7, 11) is 0. The molecule has 1 aromatic rings. The molecule has 0 saturated heterocycles. The van der Waals surface area contributed by atoms with Gasteiger partial charge in [0.1, 0.15) is 0 Å². The molecule has 0 aliphatic carbocycles. The quantitative estimate of drug-likeness (QED) is 0.737. The van der Waals surface area contributed by atoms with Crippen molar-refractivity contribution >= 4 is 39.3 Å². The normalized spacial score (nSPS) is 10.7. The molecule has 22 heavy (non-hydrogen) atoms. The van der Waals surface area contributed by atoms with Crippen LogP contribution in [0.4, 0.5) is 5.69 Å². The summed E-state index contributed by atoms with van der Waals surface area (Å²) in [5.74, 6) is -0.984. The van der Waals surface area contributed by atoms with Gasteiger partial charge in [-0.15, -0.1) is 0 Å². The van der Waals surface area contributed by atoms with Crippen LogP contribution in [0.5, 0.6) is 0 Å². The van der Waals surface area contributed by atoms with E-state index in [0.29, 0.717) is 5.69 Å². The van der Waals surface area contributed by atoms with E-state index in [-0.39, 0.29) is 24.9 Å². The number of halogens is 1. The predicted molar refractivity (Wildman–Crippen MR) is 88.2 cm³/mol. The average Bonchev–Trinajstić information content (AvgIpc) is 2.44. The highest BCUT2D eigenvalue weighted by atomic mass is 79.9. The van der Waals surface area contributed by atoms with E-state index in [2.05, 4.69) is 31.9 Å². The Bertz CT molecular complexity index is 567. The Labute approximate surface area is 138 Å². The summed E-state index contributed by atoms with van der Waals surface area (Å²) < 4.78 is 0.757. The van der Waals surface area contributed by atoms with Gasteiger partial charge in [-0.05, 0) is 28.1 Å². The van der Waals surface area contributed by atoms with Crippen molar-refractivity contribution in [1.29, 1.82) is 0 Å². The van der Waals surface area contributed by atoms with Crippen molar-refractivity contribution in [1.82, 2.24) is 10.6 Å². The van der Waals surface area contributed by atoms with Crippen LogP contribution in [0.15, 0.2) is 28.7 Å². The largest absolute Gasteiger partial charge is 0.347 e. The lowest BCUT2D eigenvalue weighted by molar-refractivity contribution is -0.131. The molecule has 0 spiro atoms. The third kappa shape index (κ3) is 6.26. The van der Waals surface area contributed by atoms with E-state index in [1.807, 2.05) is 6.07 Å². The molecule has 3 amide bonds. The van der Waals surface area contributed by atoms with Gasteiger partial charge >= 0.3 is 0 Å². The van der Waals surface area contributed by atoms with Crippen LogP contribution in [0.3, 0.4) is 0 Å². The first-order valence-corrected chi connectivity index (χ1v) is 7.59. The highest BCUT2D eigenvalue weighted by Crippen LogP contribution is 2.20. The molecule has 0 saturated carbocycles. The van der Waals surface area contributed by atoms with Crippen LogP contribution in [-0.4, -0.2) is 30.8 Å². The van der Waals surface area contributed by atoms with Gasteiger partial charge in [0.15, 0.2) is 0 Å². The van der Waals surface area contributed by atoms with Crippen molar-refractivity contribution in [2.75, 3.05) is 18.4 Å². The Morgan fingerprint density at radius 1 is 1.00 bits per heavy atom. The van der Waals surface area contributed by atoms with Crippen LogP contribution in [-0.2, 0) is 14.4 Å². The molecule has 1 rings (SSSR count). The number of hydrogen-bond donors (Lipinski definition) is 3. The number of nitrogens with one attached hydrogen (secondary N) is 3. The Hall–Kier alpha value is -1.89. The first-order valence-electron chi connectivity index (χ1n) is 6.79. The number of benzene rings is 1. The summed E-state index contributed by atoms with van der Waals surface area (Å²) in [4.78, 5) is 34.9. The highest BCUT2D eigenvalue weighted by Gasteiger charge is 2.21. The van der Waals surface area contributed by atoms with Crippen LogP contribution < -0.4 is 16.0 Å². The predicted octanol–water partition coefficient (Wildman–Crippen LogP) is 1.67. The molecular formula is C15H20BrN3O3. The molecule has 120 valence electrons. The third-order valence-electron chi connectivity index (χ3n) is 2.68. The molecule has 0 aliphatic heterocycles. The number of carbonyl (C=O) groups is 3. The molecule has 1 aromatic carbocycles. The molecule has 0 radical (unpaired) electrons. The molecule has 0 fully saturated rings. The van der Waals surface area contributed by atoms with Gasteiger partial charge in [-0.2, -0.15) is 0 Å². The lowest BCUT2D eigenvalue weighted by Crippen LogP contribution is -2.43. The minimum atomic E-state index is -0.558. The zero-order chi connectivity index (χ0) is 16.8. The van der Waals surface area contributed by atoms with Crippen molar-refractivity contribution in [3.8, 4) is 0 Å². The number of para-hydroxylation sites is 1. The van der Waals surface area contributed by atoms with Crippen LogP contribution in [0.1, 0.15) is 20.8 Å². The van der Waals surface area contributed by atoms with E-state index in [0.717, 1.165) is 4.47 Å². The Balaban J connectivity index is 2.34. The summed E-state index contributed by atoms with van der Waals surface area (Å²) in [6.07, 6.45) is 0. The topological polar surface area (TPSA) is 87.3 Å². The zero-order valence-corrected chi connectivity index (χ0v) is 14.4. The Kier molecular flexibility index (Phi) is 6.55. The second kappa shape index (κ2) is 7.93. The fourth-order valence-corrected chi connectivity index (χ4v) is 1.81. The van der Waals surface area contributed by atoms with Gasteiger partial charge < -0.3 is 16.0 Å². The lowest BCUT2D eigenvalue weighted by Gasteiger charge is -2.17. The average molecular weight is 370 g/mol. The van der Waals surface area contributed by atoms with Gasteiger partial charge in [-0.1, -0.05) is 32.9 Å². The summed E-state index contributed by atoms with van der Waals surface area (Å²) >= 11 is 3.31. The monoisotopic (exact) mass is 369 g/mol. The molecule has 7 heteroatoms. The number of anilines is 1. The standard InChI is InChI=1S/C15H20BrN3O3/c1-15(2,3)14(22)18-8-12(20)17-9-13(21)19-11-7-5-4-6-10(11)16/h4-7H,8-9H2,1-3H3,(H,17,20)(H,18,22)(H,19,21). The van der Waals surface area contributed by atoms with Gasteiger partial charge in [0.05, 0.1) is 18.8 Å². The molecule has 0 aliphatic rings. The van der Waals surface area contributed by atoms with E-state index in [1.165, 1.54) is 0 Å². The molecule has 0 aromatic heterocycles. The fraction of sp³-hybridized carbons (Fsp3) is 0.400. The maximum absolute atomic E-state index is 11.7. The van der Waals surface area contributed by atoms with Crippen molar-refractivity contribution in [2.24, 2.45) is 5.41 Å². The lowest BCUT2D eigenvalue weighted by atomic mass is 9.96. The van der Waals surface area contributed by atoms with Crippen LogP contribution >= 0.6 is 15.9 Å². The molecule has 0 atom stereocenters. The van der Waals surface area contributed by atoms with Crippen LogP contribution in [0, 0.1) is 5.41 Å². The minimum absolute atomic E-state index is 0.154. The van der Waals surface area contributed by atoms with E-state index in [1.54, 1.807) is 39.0 Å². The van der Waals surface area contributed by atoms with Crippen molar-refractivity contribution in [2.45, 2.75) is 20.8 Å². The summed E-state index contributed by atoms with van der Waals surface area (Å²) in [5.41, 5.74) is 0.0693. The van der Waals surface area contributed by atoms with E-state index in [4.69, 9.17) is 0 Å². The fourth-order valence-electron chi connectivity index (χ4n) is 1.42. The van der Waals surface area contributed by atoms with E-state index in [9.17, 15) is 14.4 Å². The van der Waals surface area contributed by atoms with Gasteiger partial charge in [-0.3, -0.25) is 14.4 Å². The summed E-state index contributed by atoms with van der Waals surface area (Å²) in [6.45, 7) is 4.95. The first-order chi connectivity index (χ1) is 10.2. The smallest absolute Gasteiger partial charge is 0.243 e. The number of rotatable bonds is 5. The Morgan fingerprint density at radius 2 is 1.59 bits per heavy atom. The summed E-state index contributed by atoms with van der Waals surface area (Å²) in [6, 6.07) is 7.17. The Morgan fingerprint density at radius 3 is 2.18 bits per heavy atom. The second-order valence-corrected chi connectivity index (χ2v) is 6.59. The molecule has 6 nitrogen and oxygen atoms in total. The SMILES string of the molecule is CC(C)(C)C(=O)NCC(=O)NCC(=O)Nc1ccccc1Br. The second-order valence-electron chi connectivity index (χ2n) is 5.74. The maximum atomic E-state index is 11.7. The molecule has 0 heterocycles. The number of hydrogen-bond acceptors (Lipinski definition) is 3. The third-order valence-corrected chi connectivity index (χ3v) is 3.38. The first kappa shape index (κ1) is 18.2. The van der Waals surface area contributed by atoms with Crippen LogP contribution in [0.25, 0.3) is 0 Å². The van der Waals surface area contributed by atoms with Gasteiger partial charge in [-0.25, -0.2) is 0 Å². The number of amides is 3. The molecule has 0 unspecified atom stereocenters. The summed E-state index contributed by atoms with van der Waals surface area (Å²) in [5, 5.41) is 7.63. The molecule has 0 bridgehead atoms. The van der Waals surface area contributed by atoms with Gasteiger partial charge in [0, 0.05) is 9.89 Å². The van der Waals surface area contributed by atoms with Gasteiger partial charge in [0.25, 0.3) is 0 Å². The van der Waals surface area contributed by atoms with E-state index < -0.39 is 11.3 Å². The van der Waals surface area contributed by atoms with E-state index >= 15 is 0 Å². The highest BCUT2D eigenvalue weighted by molar-refractivity contribution is 9.10. The van der Waals surface area contributed by atoms with Crippen LogP contribution in [0.2, 0.25) is 0 Å². The van der Waals surface area contributed by atoms with Crippen molar-refractivity contribution < 1.29 is 14.4 Å². The van der Waals surface area contributed by atoms with Crippen molar-refractivity contribution in [3.05, 3.63) is 28.7 Å². The van der Waals surface area contributed by atoms with Gasteiger partial charge in [0.2, 0.25) is 17.7 Å². The number of carbonyl (C=O) groups excluding carboxylic acids is 3. The molecule has 3 N–H and O–H groups in total. The minimum Gasteiger partial charge on any atom is -0.347 e.